The maximum absolute atomic E-state index is 13.4. The number of nitrogens with one attached hydrogen (secondary N) is 1. The Morgan fingerprint density at radius 3 is 2.38 bits per heavy atom. The molecule has 0 fully saturated rings. The van der Waals surface area contributed by atoms with Gasteiger partial charge in [-0.2, -0.15) is 13.2 Å². The number of carboxylic acid groups (broad SMARTS) is 1. The fourth-order valence-electron chi connectivity index (χ4n) is 2.85. The molecule has 0 saturated carbocycles. The van der Waals surface area contributed by atoms with E-state index in [0.29, 0.717) is 12.6 Å². The van der Waals surface area contributed by atoms with Crippen molar-refractivity contribution in [1.29, 1.82) is 0 Å². The largest absolute Gasteiger partial charge is 0.481 e. The van der Waals surface area contributed by atoms with E-state index in [1.165, 1.54) is 0 Å². The Hall–Kier alpha value is -2.36. The summed E-state index contributed by atoms with van der Waals surface area (Å²) in [6.45, 7) is 3.84. The predicted octanol–water partition coefficient (Wildman–Crippen LogP) is 2.15. The van der Waals surface area contributed by atoms with Gasteiger partial charge < -0.3 is 19.9 Å². The number of pyridine rings is 1. The number of hydrogen-bond acceptors (Lipinski definition) is 4. The number of carbonyl (C=O) groups is 2. The summed E-state index contributed by atoms with van der Waals surface area (Å²) in [6, 6.07) is -0.500. The molecule has 7 nitrogen and oxygen atoms in total. The fraction of sp³-hybridized carbons (Fsp3) is 0.632. The van der Waals surface area contributed by atoms with Gasteiger partial charge in [0.25, 0.3) is 5.56 Å². The molecule has 0 radical (unpaired) electrons. The smallest absolute Gasteiger partial charge is 0.416 e. The monoisotopic (exact) mass is 419 g/mol. The SMILES string of the molecule is CC(C)C[C@@H](C(=O)NCCC(=O)O)n1cc(CCN(C)C)c(C(F)(F)F)cc1=O. The second-order valence-corrected chi connectivity index (χ2v) is 7.59. The van der Waals surface area contributed by atoms with Gasteiger partial charge in [-0.05, 0) is 38.4 Å². The molecule has 0 bridgehead atoms. The average Bonchev–Trinajstić information content (AvgIpc) is 2.57. The molecule has 0 spiro atoms. The lowest BCUT2D eigenvalue weighted by atomic mass is 10.0. The van der Waals surface area contributed by atoms with Crippen molar-refractivity contribution in [2.24, 2.45) is 5.92 Å². The minimum Gasteiger partial charge on any atom is -0.481 e. The van der Waals surface area contributed by atoms with E-state index in [4.69, 9.17) is 5.11 Å². The van der Waals surface area contributed by atoms with Gasteiger partial charge in [-0.15, -0.1) is 0 Å². The molecule has 0 aliphatic rings. The predicted molar refractivity (Wildman–Crippen MR) is 102 cm³/mol. The van der Waals surface area contributed by atoms with Crippen molar-refractivity contribution in [3.05, 3.63) is 33.7 Å². The van der Waals surface area contributed by atoms with E-state index in [1.807, 2.05) is 13.8 Å². The lowest BCUT2D eigenvalue weighted by Gasteiger charge is -2.23. The zero-order valence-corrected chi connectivity index (χ0v) is 17.0. The van der Waals surface area contributed by atoms with Crippen molar-refractivity contribution < 1.29 is 27.9 Å². The lowest BCUT2D eigenvalue weighted by molar-refractivity contribution is -0.138. The first-order chi connectivity index (χ1) is 13.3. The quantitative estimate of drug-likeness (QED) is 0.606. The number of carboxylic acids is 1. The van der Waals surface area contributed by atoms with Crippen LogP contribution in [0.15, 0.2) is 17.1 Å². The van der Waals surface area contributed by atoms with Crippen LogP contribution in [0.1, 0.15) is 43.9 Å². The van der Waals surface area contributed by atoms with E-state index in [1.54, 1.807) is 19.0 Å². The first kappa shape index (κ1) is 24.7. The summed E-state index contributed by atoms with van der Waals surface area (Å²) in [5.74, 6) is -1.71. The Morgan fingerprint density at radius 1 is 1.28 bits per heavy atom. The molecule has 1 aromatic heterocycles. The van der Waals surface area contributed by atoms with Crippen LogP contribution in [0.4, 0.5) is 13.2 Å². The van der Waals surface area contributed by atoms with Crippen molar-refractivity contribution in [3.63, 3.8) is 0 Å². The number of halogens is 3. The molecule has 10 heteroatoms. The van der Waals surface area contributed by atoms with Gasteiger partial charge in [0.05, 0.1) is 12.0 Å². The number of rotatable bonds is 10. The number of aromatic nitrogens is 1. The van der Waals surface area contributed by atoms with Crippen LogP contribution in [0.2, 0.25) is 0 Å². The van der Waals surface area contributed by atoms with Gasteiger partial charge in [0, 0.05) is 25.4 Å². The lowest BCUT2D eigenvalue weighted by Crippen LogP contribution is -2.39. The highest BCUT2D eigenvalue weighted by atomic mass is 19.4. The molecule has 2 N–H and O–H groups in total. The molecule has 1 rings (SSSR count). The summed E-state index contributed by atoms with van der Waals surface area (Å²) >= 11 is 0. The van der Waals surface area contributed by atoms with Gasteiger partial charge in [-0.3, -0.25) is 14.4 Å². The highest BCUT2D eigenvalue weighted by Crippen LogP contribution is 2.32. The summed E-state index contributed by atoms with van der Waals surface area (Å²) in [7, 11) is 3.45. The third-order valence-corrected chi connectivity index (χ3v) is 4.27. The molecule has 1 heterocycles. The summed E-state index contributed by atoms with van der Waals surface area (Å²) in [5.41, 5.74) is -2.00. The van der Waals surface area contributed by atoms with E-state index < -0.39 is 35.2 Å². The summed E-state index contributed by atoms with van der Waals surface area (Å²) < 4.78 is 41.2. The molecule has 29 heavy (non-hydrogen) atoms. The maximum atomic E-state index is 13.4. The van der Waals surface area contributed by atoms with Crippen molar-refractivity contribution in [3.8, 4) is 0 Å². The van der Waals surface area contributed by atoms with Gasteiger partial charge >= 0.3 is 12.1 Å². The molecule has 0 saturated heterocycles. The Bertz CT molecular complexity index is 773. The molecule has 1 aromatic rings. The number of amides is 1. The molecule has 1 atom stereocenters. The van der Waals surface area contributed by atoms with E-state index in [9.17, 15) is 27.6 Å². The second-order valence-electron chi connectivity index (χ2n) is 7.59. The number of aliphatic carboxylic acids is 1. The number of nitrogens with zero attached hydrogens (tertiary/aromatic N) is 2. The average molecular weight is 419 g/mol. The van der Waals surface area contributed by atoms with Gasteiger partial charge in [0.2, 0.25) is 5.91 Å². The normalized spacial score (nSPS) is 13.0. The zero-order valence-electron chi connectivity index (χ0n) is 17.0. The van der Waals surface area contributed by atoms with Crippen LogP contribution in [0.25, 0.3) is 0 Å². The van der Waals surface area contributed by atoms with E-state index >= 15 is 0 Å². The van der Waals surface area contributed by atoms with Crippen LogP contribution in [0, 0.1) is 5.92 Å². The summed E-state index contributed by atoms with van der Waals surface area (Å²) in [4.78, 5) is 37.4. The van der Waals surface area contributed by atoms with Crippen LogP contribution in [-0.2, 0) is 22.2 Å². The van der Waals surface area contributed by atoms with E-state index in [0.717, 1.165) is 10.8 Å². The topological polar surface area (TPSA) is 91.6 Å². The van der Waals surface area contributed by atoms with Crippen LogP contribution < -0.4 is 10.9 Å². The van der Waals surface area contributed by atoms with Crippen molar-refractivity contribution in [2.75, 3.05) is 27.2 Å². The highest BCUT2D eigenvalue weighted by Gasteiger charge is 2.35. The number of alkyl halides is 3. The van der Waals surface area contributed by atoms with Crippen LogP contribution in [0.3, 0.4) is 0 Å². The molecule has 1 amide bonds. The molecule has 0 aliphatic heterocycles. The van der Waals surface area contributed by atoms with Crippen LogP contribution in [-0.4, -0.2) is 53.6 Å². The van der Waals surface area contributed by atoms with E-state index in [2.05, 4.69) is 5.32 Å². The Morgan fingerprint density at radius 2 is 1.90 bits per heavy atom. The minimum absolute atomic E-state index is 0.0235. The third kappa shape index (κ3) is 7.88. The molecule has 0 unspecified atom stereocenters. The Kier molecular flexibility index (Phi) is 8.87. The van der Waals surface area contributed by atoms with Crippen molar-refractivity contribution >= 4 is 11.9 Å². The van der Waals surface area contributed by atoms with Crippen LogP contribution in [0.5, 0.6) is 0 Å². The van der Waals surface area contributed by atoms with Gasteiger partial charge in [0.1, 0.15) is 6.04 Å². The first-order valence-electron chi connectivity index (χ1n) is 9.29. The van der Waals surface area contributed by atoms with Crippen molar-refractivity contribution in [1.82, 2.24) is 14.8 Å². The van der Waals surface area contributed by atoms with Crippen molar-refractivity contribution in [2.45, 2.75) is 45.3 Å². The van der Waals surface area contributed by atoms with E-state index in [-0.39, 0.29) is 37.3 Å². The molecular formula is C19H28F3N3O4. The van der Waals surface area contributed by atoms with Crippen LogP contribution >= 0.6 is 0 Å². The molecule has 164 valence electrons. The number of hydrogen-bond donors (Lipinski definition) is 2. The maximum Gasteiger partial charge on any atom is 0.416 e. The Balaban J connectivity index is 3.35. The molecular weight excluding hydrogens is 391 g/mol. The minimum atomic E-state index is -4.68. The standard InChI is InChI=1S/C19H28F3N3O4/c1-12(2)9-15(18(29)23-7-5-17(27)28)25-11-13(6-8-24(3)4)14(10-16(25)26)19(20,21)22/h10-12,15H,5-9H2,1-4H3,(H,23,29)(H,27,28)/t15-/m0/s1. The van der Waals surface area contributed by atoms with Gasteiger partial charge in [-0.25, -0.2) is 0 Å². The second kappa shape index (κ2) is 10.4. The Labute approximate surface area is 167 Å². The third-order valence-electron chi connectivity index (χ3n) is 4.27. The molecule has 0 aliphatic carbocycles. The fourth-order valence-corrected chi connectivity index (χ4v) is 2.85. The molecule has 0 aromatic carbocycles. The number of likely N-dealkylation sites (N-methyl/N-ethyl adjacent to an activating group) is 1. The summed E-state index contributed by atoms with van der Waals surface area (Å²) in [5, 5.41) is 11.2. The van der Waals surface area contributed by atoms with Gasteiger partial charge in [-0.1, -0.05) is 13.8 Å². The summed E-state index contributed by atoms with van der Waals surface area (Å²) in [6.07, 6.45) is -3.60. The van der Waals surface area contributed by atoms with Gasteiger partial charge in [0.15, 0.2) is 0 Å². The first-order valence-corrected chi connectivity index (χ1v) is 9.29. The zero-order chi connectivity index (χ0) is 22.4. The highest BCUT2D eigenvalue weighted by molar-refractivity contribution is 5.80. The number of carbonyl (C=O) groups excluding carboxylic acids is 1.